The van der Waals surface area contributed by atoms with E-state index in [-0.39, 0.29) is 0 Å². The summed E-state index contributed by atoms with van der Waals surface area (Å²) in [6.07, 6.45) is 2.36. The molecule has 0 aliphatic carbocycles. The van der Waals surface area contributed by atoms with E-state index in [1.165, 1.54) is 25.1 Å². The lowest BCUT2D eigenvalue weighted by atomic mass is 9.94. The first-order chi connectivity index (χ1) is 7.29. The average Bonchev–Trinajstić information content (AvgIpc) is 2.16. The van der Waals surface area contributed by atoms with E-state index in [1.54, 1.807) is 7.11 Å². The van der Waals surface area contributed by atoms with Crippen molar-refractivity contribution in [2.24, 2.45) is 5.92 Å². The van der Waals surface area contributed by atoms with Gasteiger partial charge in [-0.2, -0.15) is 0 Å². The van der Waals surface area contributed by atoms with Gasteiger partial charge in [0.2, 0.25) is 0 Å². The lowest BCUT2D eigenvalue weighted by Crippen LogP contribution is -2.42. The zero-order valence-electron chi connectivity index (χ0n) is 8.92. The smallest absolute Gasteiger partial charge is 0.122 e. The van der Waals surface area contributed by atoms with Gasteiger partial charge in [-0.15, -0.1) is 0 Å². The van der Waals surface area contributed by atoms with Gasteiger partial charge in [0.1, 0.15) is 5.75 Å². The average molecular weight is 270 g/mol. The Morgan fingerprint density at radius 3 is 2.87 bits per heavy atom. The normalized spacial score (nSPS) is 16.1. The topological polar surface area (TPSA) is 21.3 Å². The molecule has 1 fully saturated rings. The van der Waals surface area contributed by atoms with Gasteiger partial charge in [-0.25, -0.2) is 0 Å². The van der Waals surface area contributed by atoms with Crippen molar-refractivity contribution in [1.82, 2.24) is 5.32 Å². The van der Waals surface area contributed by atoms with E-state index >= 15 is 0 Å². The van der Waals surface area contributed by atoms with Crippen molar-refractivity contribution in [3.05, 3.63) is 28.2 Å². The Bertz CT molecular complexity index is 336. The summed E-state index contributed by atoms with van der Waals surface area (Å²) in [7, 11) is 1.73. The summed E-state index contributed by atoms with van der Waals surface area (Å²) in [6.45, 7) is 2.35. The summed E-state index contributed by atoms with van der Waals surface area (Å²) in [6, 6.07) is 6.20. The van der Waals surface area contributed by atoms with Crippen molar-refractivity contribution >= 4 is 15.9 Å². The minimum absolute atomic E-state index is 0.855. The van der Waals surface area contributed by atoms with Crippen molar-refractivity contribution in [2.45, 2.75) is 12.8 Å². The standard InChI is InChI=1S/C12H16BrNO/c1-15-12-5-4-11(13)6-10(12)3-2-9-7-14-8-9/h4-6,9,14H,2-3,7-8H2,1H3. The molecule has 1 aliphatic rings. The van der Waals surface area contributed by atoms with Gasteiger partial charge in [0.05, 0.1) is 7.11 Å². The summed E-state index contributed by atoms with van der Waals surface area (Å²) in [5.41, 5.74) is 1.30. The lowest BCUT2D eigenvalue weighted by Gasteiger charge is -2.27. The third-order valence-corrected chi connectivity index (χ3v) is 3.42. The van der Waals surface area contributed by atoms with Gasteiger partial charge >= 0.3 is 0 Å². The molecule has 0 spiro atoms. The van der Waals surface area contributed by atoms with Crippen molar-refractivity contribution < 1.29 is 4.74 Å². The molecule has 0 aromatic heterocycles. The number of hydrogen-bond acceptors (Lipinski definition) is 2. The monoisotopic (exact) mass is 269 g/mol. The van der Waals surface area contributed by atoms with Crippen LogP contribution in [0.3, 0.4) is 0 Å². The van der Waals surface area contributed by atoms with Crippen LogP contribution >= 0.6 is 15.9 Å². The molecule has 1 aliphatic heterocycles. The first-order valence-electron chi connectivity index (χ1n) is 5.32. The maximum atomic E-state index is 5.35. The van der Waals surface area contributed by atoms with E-state index in [0.29, 0.717) is 0 Å². The Kier molecular flexibility index (Phi) is 3.65. The van der Waals surface area contributed by atoms with Crippen LogP contribution in [-0.2, 0) is 6.42 Å². The molecule has 2 rings (SSSR count). The van der Waals surface area contributed by atoms with E-state index in [0.717, 1.165) is 22.6 Å². The van der Waals surface area contributed by atoms with E-state index in [1.807, 2.05) is 12.1 Å². The molecule has 1 heterocycles. The van der Waals surface area contributed by atoms with E-state index < -0.39 is 0 Å². The molecule has 3 heteroatoms. The molecule has 1 saturated heterocycles. The quantitative estimate of drug-likeness (QED) is 0.908. The molecule has 1 aromatic carbocycles. The molecule has 1 aromatic rings. The minimum Gasteiger partial charge on any atom is -0.496 e. The van der Waals surface area contributed by atoms with Crippen LogP contribution in [0.25, 0.3) is 0 Å². The Hall–Kier alpha value is -0.540. The van der Waals surface area contributed by atoms with Crippen LogP contribution in [0.4, 0.5) is 0 Å². The molecule has 1 N–H and O–H groups in total. The first kappa shape index (κ1) is 11.0. The number of aryl methyl sites for hydroxylation is 1. The van der Waals surface area contributed by atoms with Crippen LogP contribution < -0.4 is 10.1 Å². The Morgan fingerprint density at radius 1 is 1.47 bits per heavy atom. The zero-order valence-corrected chi connectivity index (χ0v) is 10.5. The lowest BCUT2D eigenvalue weighted by molar-refractivity contribution is 0.325. The summed E-state index contributed by atoms with van der Waals surface area (Å²) in [4.78, 5) is 0. The largest absolute Gasteiger partial charge is 0.496 e. The highest BCUT2D eigenvalue weighted by Gasteiger charge is 2.16. The van der Waals surface area contributed by atoms with Gasteiger partial charge in [-0.1, -0.05) is 15.9 Å². The van der Waals surface area contributed by atoms with Gasteiger partial charge < -0.3 is 10.1 Å². The SMILES string of the molecule is COc1ccc(Br)cc1CCC1CNC1. The van der Waals surface area contributed by atoms with Crippen molar-refractivity contribution in [3.8, 4) is 5.75 Å². The van der Waals surface area contributed by atoms with Gasteiger partial charge in [-0.05, 0) is 55.6 Å². The number of benzene rings is 1. The number of methoxy groups -OCH3 is 1. The van der Waals surface area contributed by atoms with Crippen LogP contribution in [0.15, 0.2) is 22.7 Å². The highest BCUT2D eigenvalue weighted by Crippen LogP contribution is 2.25. The highest BCUT2D eigenvalue weighted by atomic mass is 79.9. The van der Waals surface area contributed by atoms with Gasteiger partial charge in [0, 0.05) is 4.47 Å². The molecule has 2 nitrogen and oxygen atoms in total. The predicted molar refractivity (Wildman–Crippen MR) is 65.4 cm³/mol. The van der Waals surface area contributed by atoms with E-state index in [4.69, 9.17) is 4.74 Å². The van der Waals surface area contributed by atoms with E-state index in [9.17, 15) is 0 Å². The minimum atomic E-state index is 0.855. The second-order valence-electron chi connectivity index (χ2n) is 4.02. The molecule has 82 valence electrons. The van der Waals surface area contributed by atoms with Crippen LogP contribution in [-0.4, -0.2) is 20.2 Å². The molecular weight excluding hydrogens is 254 g/mol. The fourth-order valence-corrected chi connectivity index (χ4v) is 2.26. The summed E-state index contributed by atoms with van der Waals surface area (Å²) in [5, 5.41) is 3.30. The maximum absolute atomic E-state index is 5.35. The molecule has 0 amide bonds. The second kappa shape index (κ2) is 4.99. The molecule has 15 heavy (non-hydrogen) atoms. The third kappa shape index (κ3) is 2.73. The predicted octanol–water partition coefficient (Wildman–Crippen LogP) is 2.61. The molecule has 0 unspecified atom stereocenters. The fraction of sp³-hybridized carbons (Fsp3) is 0.500. The van der Waals surface area contributed by atoms with Gasteiger partial charge in [-0.3, -0.25) is 0 Å². The van der Waals surface area contributed by atoms with Crippen LogP contribution in [0.2, 0.25) is 0 Å². The number of ether oxygens (including phenoxy) is 1. The number of rotatable bonds is 4. The number of halogens is 1. The van der Waals surface area contributed by atoms with Crippen LogP contribution in [0.5, 0.6) is 5.75 Å². The van der Waals surface area contributed by atoms with Gasteiger partial charge in [0.25, 0.3) is 0 Å². The molecule has 0 radical (unpaired) electrons. The Morgan fingerprint density at radius 2 is 2.27 bits per heavy atom. The molecule has 0 atom stereocenters. The first-order valence-corrected chi connectivity index (χ1v) is 6.12. The van der Waals surface area contributed by atoms with Crippen molar-refractivity contribution in [1.29, 1.82) is 0 Å². The number of hydrogen-bond donors (Lipinski definition) is 1. The van der Waals surface area contributed by atoms with Gasteiger partial charge in [0.15, 0.2) is 0 Å². The molecule has 0 bridgehead atoms. The maximum Gasteiger partial charge on any atom is 0.122 e. The van der Waals surface area contributed by atoms with Crippen molar-refractivity contribution in [3.63, 3.8) is 0 Å². The third-order valence-electron chi connectivity index (χ3n) is 2.93. The number of nitrogens with one attached hydrogen (secondary N) is 1. The fourth-order valence-electron chi connectivity index (χ4n) is 1.85. The van der Waals surface area contributed by atoms with Crippen LogP contribution in [0.1, 0.15) is 12.0 Å². The summed E-state index contributed by atoms with van der Waals surface area (Å²) < 4.78 is 6.48. The van der Waals surface area contributed by atoms with Crippen LogP contribution in [0, 0.1) is 5.92 Å². The zero-order chi connectivity index (χ0) is 10.7. The van der Waals surface area contributed by atoms with E-state index in [2.05, 4.69) is 27.3 Å². The summed E-state index contributed by atoms with van der Waals surface area (Å²) >= 11 is 3.50. The Balaban J connectivity index is 2.00. The molecule has 0 saturated carbocycles. The summed E-state index contributed by atoms with van der Waals surface area (Å²) in [5.74, 6) is 1.86. The second-order valence-corrected chi connectivity index (χ2v) is 4.93. The molecular formula is C12H16BrNO. The highest BCUT2D eigenvalue weighted by molar-refractivity contribution is 9.10. The Labute approximate surface area is 99.1 Å². The van der Waals surface area contributed by atoms with Crippen molar-refractivity contribution in [2.75, 3.05) is 20.2 Å².